The van der Waals surface area contributed by atoms with Crippen LogP contribution in [0.25, 0.3) is 11.0 Å². The van der Waals surface area contributed by atoms with Crippen molar-refractivity contribution < 1.29 is 4.79 Å². The van der Waals surface area contributed by atoms with Crippen LogP contribution in [-0.4, -0.2) is 24.8 Å². The first-order valence-electron chi connectivity index (χ1n) is 10.2. The second-order valence-electron chi connectivity index (χ2n) is 7.40. The normalized spacial score (nSPS) is 11.1. The van der Waals surface area contributed by atoms with Crippen LogP contribution >= 0.6 is 11.6 Å². The van der Waals surface area contributed by atoms with Crippen molar-refractivity contribution in [2.24, 2.45) is 0 Å². The number of amides is 1. The van der Waals surface area contributed by atoms with E-state index in [2.05, 4.69) is 10.4 Å². The predicted molar refractivity (Wildman–Crippen MR) is 124 cm³/mol. The molecule has 0 fully saturated rings. The lowest BCUT2D eigenvalue weighted by Crippen LogP contribution is -2.42. The van der Waals surface area contributed by atoms with E-state index < -0.39 is 17.2 Å². The van der Waals surface area contributed by atoms with Gasteiger partial charge in [0, 0.05) is 17.3 Å². The van der Waals surface area contributed by atoms with Gasteiger partial charge < -0.3 is 5.32 Å². The van der Waals surface area contributed by atoms with E-state index in [0.29, 0.717) is 34.0 Å². The summed E-state index contributed by atoms with van der Waals surface area (Å²) < 4.78 is 4.03. The molecule has 0 radical (unpaired) electrons. The third kappa shape index (κ3) is 4.09. The van der Waals surface area contributed by atoms with Gasteiger partial charge in [-0.25, -0.2) is 4.79 Å². The highest BCUT2D eigenvalue weighted by molar-refractivity contribution is 6.30. The minimum absolute atomic E-state index is 0.0955. The van der Waals surface area contributed by atoms with Crippen molar-refractivity contribution in [2.75, 3.05) is 5.32 Å². The Labute approximate surface area is 188 Å². The fourth-order valence-electron chi connectivity index (χ4n) is 3.75. The van der Waals surface area contributed by atoms with Crippen LogP contribution in [0.15, 0.2) is 64.2 Å². The molecule has 1 amide bonds. The molecule has 0 bridgehead atoms. The molecule has 0 atom stereocenters. The average Bonchev–Trinajstić information content (AvgIpc) is 3.11. The van der Waals surface area contributed by atoms with Gasteiger partial charge in [0.15, 0.2) is 5.52 Å². The first-order chi connectivity index (χ1) is 15.4. The molecule has 1 N–H and O–H groups in total. The van der Waals surface area contributed by atoms with Crippen molar-refractivity contribution in [1.82, 2.24) is 18.9 Å². The van der Waals surface area contributed by atoms with Crippen molar-refractivity contribution in [1.29, 1.82) is 0 Å². The maximum absolute atomic E-state index is 13.4. The van der Waals surface area contributed by atoms with E-state index in [1.54, 1.807) is 35.9 Å². The third-order valence-electron chi connectivity index (χ3n) is 5.17. The summed E-state index contributed by atoms with van der Waals surface area (Å²) in [5.74, 6) is -0.413. The van der Waals surface area contributed by atoms with Crippen LogP contribution in [-0.2, 0) is 24.4 Å². The molecular formula is C23H22ClN5O3. The van der Waals surface area contributed by atoms with Gasteiger partial charge in [-0.05, 0) is 37.6 Å². The zero-order chi connectivity index (χ0) is 22.8. The molecule has 32 heavy (non-hydrogen) atoms. The SMILES string of the molecule is CCn1nc(C)c2c1c(=O)n(Cc1ccccc1)c(=O)n2CC(=O)Nc1cccc(Cl)c1. The highest BCUT2D eigenvalue weighted by Gasteiger charge is 2.21. The van der Waals surface area contributed by atoms with Gasteiger partial charge in [0.05, 0.1) is 12.2 Å². The zero-order valence-electron chi connectivity index (χ0n) is 17.7. The lowest BCUT2D eigenvalue weighted by atomic mass is 10.2. The van der Waals surface area contributed by atoms with Gasteiger partial charge in [-0.2, -0.15) is 5.10 Å². The van der Waals surface area contributed by atoms with Crippen LogP contribution in [0.1, 0.15) is 18.2 Å². The Bertz CT molecular complexity index is 1420. The van der Waals surface area contributed by atoms with Crippen LogP contribution in [0.5, 0.6) is 0 Å². The van der Waals surface area contributed by atoms with Gasteiger partial charge in [-0.3, -0.25) is 23.4 Å². The summed E-state index contributed by atoms with van der Waals surface area (Å²) in [5.41, 5.74) is 1.52. The number of hydrogen-bond donors (Lipinski definition) is 1. The van der Waals surface area contributed by atoms with Gasteiger partial charge in [-0.15, -0.1) is 0 Å². The number of rotatable bonds is 6. The van der Waals surface area contributed by atoms with E-state index >= 15 is 0 Å². The molecule has 0 aliphatic heterocycles. The largest absolute Gasteiger partial charge is 0.332 e. The van der Waals surface area contributed by atoms with Crippen molar-refractivity contribution in [3.63, 3.8) is 0 Å². The van der Waals surface area contributed by atoms with E-state index in [0.717, 1.165) is 10.1 Å². The monoisotopic (exact) mass is 451 g/mol. The van der Waals surface area contributed by atoms with E-state index in [4.69, 9.17) is 11.6 Å². The molecule has 9 heteroatoms. The van der Waals surface area contributed by atoms with Crippen molar-refractivity contribution in [3.8, 4) is 0 Å². The number of carbonyl (C=O) groups is 1. The van der Waals surface area contributed by atoms with Crippen LogP contribution in [0.2, 0.25) is 5.02 Å². The molecule has 0 unspecified atom stereocenters. The molecule has 2 heterocycles. The standard InChI is InChI=1S/C23H22ClN5O3/c1-3-29-21-20(15(2)26-29)27(14-19(30)25-18-11-7-10-17(24)12-18)23(32)28(22(21)31)13-16-8-5-4-6-9-16/h4-12H,3,13-14H2,1-2H3,(H,25,30). The first kappa shape index (κ1) is 21.6. The highest BCUT2D eigenvalue weighted by Crippen LogP contribution is 2.16. The minimum Gasteiger partial charge on any atom is -0.324 e. The molecule has 0 spiro atoms. The molecule has 0 aliphatic rings. The van der Waals surface area contributed by atoms with Crippen molar-refractivity contribution >= 4 is 34.2 Å². The Morgan fingerprint density at radius 2 is 1.78 bits per heavy atom. The van der Waals surface area contributed by atoms with Gasteiger partial charge in [0.1, 0.15) is 12.1 Å². The number of carbonyl (C=O) groups excluding carboxylic acids is 1. The summed E-state index contributed by atoms with van der Waals surface area (Å²) >= 11 is 5.99. The van der Waals surface area contributed by atoms with Crippen LogP contribution in [0.4, 0.5) is 5.69 Å². The summed E-state index contributed by atoms with van der Waals surface area (Å²) in [7, 11) is 0. The number of hydrogen-bond acceptors (Lipinski definition) is 4. The molecule has 0 saturated heterocycles. The number of nitrogens with zero attached hydrogens (tertiary/aromatic N) is 4. The van der Waals surface area contributed by atoms with Gasteiger partial charge in [0.25, 0.3) is 5.56 Å². The first-order valence-corrected chi connectivity index (χ1v) is 10.6. The summed E-state index contributed by atoms with van der Waals surface area (Å²) in [6, 6.07) is 16.0. The Morgan fingerprint density at radius 1 is 1.03 bits per heavy atom. The number of aryl methyl sites for hydroxylation is 2. The lowest BCUT2D eigenvalue weighted by molar-refractivity contribution is -0.116. The number of halogens is 1. The average molecular weight is 452 g/mol. The van der Waals surface area contributed by atoms with Gasteiger partial charge in [0.2, 0.25) is 5.91 Å². The molecule has 164 valence electrons. The number of fused-ring (bicyclic) bond motifs is 1. The summed E-state index contributed by atoms with van der Waals surface area (Å²) in [6.07, 6.45) is 0. The number of benzene rings is 2. The molecule has 4 rings (SSSR count). The van der Waals surface area contributed by atoms with Crippen LogP contribution < -0.4 is 16.6 Å². The van der Waals surface area contributed by atoms with E-state index in [9.17, 15) is 14.4 Å². The smallest absolute Gasteiger partial charge is 0.324 e. The molecule has 0 saturated carbocycles. The molecule has 2 aromatic heterocycles. The fourth-order valence-corrected chi connectivity index (χ4v) is 3.94. The second kappa shape index (κ2) is 8.84. The maximum atomic E-state index is 13.4. The van der Waals surface area contributed by atoms with E-state index in [1.165, 1.54) is 4.57 Å². The Balaban J connectivity index is 1.83. The predicted octanol–water partition coefficient (Wildman–Crippen LogP) is 3.03. The number of nitrogens with one attached hydrogen (secondary N) is 1. The van der Waals surface area contributed by atoms with Crippen molar-refractivity contribution in [3.05, 3.63) is 91.7 Å². The zero-order valence-corrected chi connectivity index (χ0v) is 18.5. The van der Waals surface area contributed by atoms with Crippen LogP contribution in [0, 0.1) is 6.92 Å². The van der Waals surface area contributed by atoms with Gasteiger partial charge in [-0.1, -0.05) is 48.0 Å². The topological polar surface area (TPSA) is 90.9 Å². The maximum Gasteiger partial charge on any atom is 0.332 e. The molecule has 2 aromatic carbocycles. The third-order valence-corrected chi connectivity index (χ3v) is 5.40. The Morgan fingerprint density at radius 3 is 2.47 bits per heavy atom. The molecule has 0 aliphatic carbocycles. The number of anilines is 1. The Hall–Kier alpha value is -3.65. The number of aromatic nitrogens is 4. The minimum atomic E-state index is -0.564. The van der Waals surface area contributed by atoms with E-state index in [1.807, 2.05) is 37.3 Å². The molecular weight excluding hydrogens is 430 g/mol. The quantitative estimate of drug-likeness (QED) is 0.488. The summed E-state index contributed by atoms with van der Waals surface area (Å²) in [4.78, 5) is 39.5. The highest BCUT2D eigenvalue weighted by atomic mass is 35.5. The van der Waals surface area contributed by atoms with E-state index in [-0.39, 0.29) is 13.1 Å². The summed E-state index contributed by atoms with van der Waals surface area (Å²) in [5, 5.41) is 7.65. The van der Waals surface area contributed by atoms with Crippen LogP contribution in [0.3, 0.4) is 0 Å². The lowest BCUT2D eigenvalue weighted by Gasteiger charge is -2.13. The van der Waals surface area contributed by atoms with Gasteiger partial charge >= 0.3 is 5.69 Å². The van der Waals surface area contributed by atoms with Crippen molar-refractivity contribution in [2.45, 2.75) is 33.5 Å². The Kier molecular flexibility index (Phi) is 5.96. The second-order valence-corrected chi connectivity index (χ2v) is 7.84. The summed E-state index contributed by atoms with van der Waals surface area (Å²) in [6.45, 7) is 3.87. The molecule has 8 nitrogen and oxygen atoms in total. The fraction of sp³-hybridized carbons (Fsp3) is 0.217. The molecule has 4 aromatic rings.